The Morgan fingerprint density at radius 2 is 1.18 bits per heavy atom. The van der Waals surface area contributed by atoms with Crippen molar-refractivity contribution in [2.45, 2.75) is 51.4 Å². The Morgan fingerprint density at radius 3 is 1.93 bits per heavy atom. The molecule has 0 atom stereocenters. The van der Waals surface area contributed by atoms with Crippen molar-refractivity contribution in [2.75, 3.05) is 9.80 Å². The van der Waals surface area contributed by atoms with Gasteiger partial charge in [0.1, 0.15) is 5.83 Å². The summed E-state index contributed by atoms with van der Waals surface area (Å²) in [6, 6.07) is 41.8. The Labute approximate surface area is 265 Å². The van der Waals surface area contributed by atoms with Crippen LogP contribution in [0, 0.1) is 0 Å². The van der Waals surface area contributed by atoms with Crippen LogP contribution in [0.1, 0.15) is 62.8 Å². The zero-order valence-corrected chi connectivity index (χ0v) is 26.3. The molecule has 2 aliphatic heterocycles. The van der Waals surface area contributed by atoms with Crippen LogP contribution in [0.2, 0.25) is 0 Å². The van der Waals surface area contributed by atoms with E-state index in [4.69, 9.17) is 0 Å². The normalized spacial score (nSPS) is 17.0. The molecule has 0 radical (unpaired) electrons. The van der Waals surface area contributed by atoms with Crippen LogP contribution in [-0.4, -0.2) is 0 Å². The molecule has 1 aliphatic carbocycles. The molecule has 0 aromatic heterocycles. The second kappa shape index (κ2) is 10.1. The Kier molecular flexibility index (Phi) is 6.19. The third-order valence-corrected chi connectivity index (χ3v) is 10.2. The molecule has 8 rings (SSSR count). The minimum absolute atomic E-state index is 0.0672. The van der Waals surface area contributed by atoms with E-state index >= 15 is 0 Å². The highest BCUT2D eigenvalue weighted by molar-refractivity contribution is 5.93. The Bertz CT molecular complexity index is 2030. The second-order valence-electron chi connectivity index (χ2n) is 13.5. The zero-order chi connectivity index (χ0) is 30.9. The van der Waals surface area contributed by atoms with Gasteiger partial charge in [0.05, 0.1) is 17.1 Å². The van der Waals surface area contributed by atoms with Crippen molar-refractivity contribution in [1.82, 2.24) is 0 Å². The molecule has 5 aromatic rings. The molecule has 0 saturated carbocycles. The minimum Gasteiger partial charge on any atom is -0.314 e. The van der Waals surface area contributed by atoms with Gasteiger partial charge in [0, 0.05) is 34.3 Å². The van der Waals surface area contributed by atoms with Crippen LogP contribution in [0.3, 0.4) is 0 Å². The fourth-order valence-electron chi connectivity index (χ4n) is 7.73. The van der Waals surface area contributed by atoms with Gasteiger partial charge in [-0.1, -0.05) is 107 Å². The van der Waals surface area contributed by atoms with Crippen molar-refractivity contribution >= 4 is 28.4 Å². The topological polar surface area (TPSA) is 6.48 Å². The number of hydrogen-bond acceptors (Lipinski definition) is 2. The molecule has 2 nitrogen and oxygen atoms in total. The van der Waals surface area contributed by atoms with Gasteiger partial charge >= 0.3 is 0 Å². The number of benzene rings is 5. The van der Waals surface area contributed by atoms with Crippen LogP contribution in [0.5, 0.6) is 0 Å². The van der Waals surface area contributed by atoms with E-state index in [1.54, 1.807) is 6.08 Å². The lowest BCUT2D eigenvalue weighted by Crippen LogP contribution is -2.38. The van der Waals surface area contributed by atoms with Gasteiger partial charge in [0.15, 0.2) is 0 Å². The van der Waals surface area contributed by atoms with Crippen LogP contribution in [0.25, 0.3) is 11.1 Å². The molecular formula is C42H37FN2. The molecule has 222 valence electrons. The second-order valence-corrected chi connectivity index (χ2v) is 13.5. The van der Waals surface area contributed by atoms with E-state index in [9.17, 15) is 4.39 Å². The summed E-state index contributed by atoms with van der Waals surface area (Å²) in [4.78, 5) is 4.82. The van der Waals surface area contributed by atoms with E-state index in [1.807, 2.05) is 12.1 Å². The summed E-state index contributed by atoms with van der Waals surface area (Å²) in [5.41, 5.74) is 14.3. The van der Waals surface area contributed by atoms with E-state index in [1.165, 1.54) is 44.9 Å². The van der Waals surface area contributed by atoms with Gasteiger partial charge in [-0.15, -0.1) is 0 Å². The monoisotopic (exact) mass is 588 g/mol. The summed E-state index contributed by atoms with van der Waals surface area (Å²) in [5.74, 6) is -0.0672. The summed E-state index contributed by atoms with van der Waals surface area (Å²) in [6.07, 6.45) is 4.62. The number of nitrogens with zero attached hydrogens (tertiary/aromatic N) is 2. The molecule has 0 bridgehead atoms. The number of allylic oxidation sites excluding steroid dienone is 4. The average molecular weight is 589 g/mol. The number of anilines is 5. The summed E-state index contributed by atoms with van der Waals surface area (Å²) in [5, 5.41) is 0. The predicted molar refractivity (Wildman–Crippen MR) is 186 cm³/mol. The molecule has 0 saturated heterocycles. The Balaban J connectivity index is 1.33. The maximum atomic E-state index is 14.3. The lowest BCUT2D eigenvalue weighted by atomic mass is 9.66. The van der Waals surface area contributed by atoms with Crippen molar-refractivity contribution in [2.24, 2.45) is 0 Å². The SMILES string of the molecule is CC1(C)c2ccccc2N2c3ccc(N(C4=CC=C(F)CC4)c4cccc(-c5ccccc5)c4)cc3C(C)(C)c3cccc1c32. The first-order valence-corrected chi connectivity index (χ1v) is 15.9. The van der Waals surface area contributed by atoms with Crippen LogP contribution in [0.15, 0.2) is 139 Å². The maximum absolute atomic E-state index is 14.3. The molecule has 0 unspecified atom stereocenters. The highest BCUT2D eigenvalue weighted by Gasteiger charge is 2.45. The molecule has 5 aromatic carbocycles. The summed E-state index contributed by atoms with van der Waals surface area (Å²) in [7, 11) is 0. The van der Waals surface area contributed by atoms with Crippen LogP contribution in [-0.2, 0) is 10.8 Å². The van der Waals surface area contributed by atoms with Crippen molar-refractivity contribution in [3.8, 4) is 11.1 Å². The molecular weight excluding hydrogens is 551 g/mol. The molecule has 0 N–H and O–H groups in total. The first-order valence-electron chi connectivity index (χ1n) is 15.9. The van der Waals surface area contributed by atoms with E-state index in [0.717, 1.165) is 22.6 Å². The molecule has 0 amide bonds. The number of rotatable bonds is 4. The standard InChI is InChI=1S/C42H37FN2/c1-41(2)34-16-8-9-19-38(34)45-39-25-24-33(27-37(39)42(3,4)36-18-11-17-35(41)40(36)45)44(31-22-20-30(43)21-23-31)32-15-10-14-29(26-32)28-12-6-5-7-13-28/h5-20,22,24-27H,21,23H2,1-4H3. The predicted octanol–water partition coefficient (Wildman–Crippen LogP) is 11.8. The van der Waals surface area contributed by atoms with E-state index < -0.39 is 0 Å². The number of para-hydroxylation sites is 2. The van der Waals surface area contributed by atoms with Crippen LogP contribution >= 0.6 is 0 Å². The average Bonchev–Trinajstić information content (AvgIpc) is 3.06. The Morgan fingerprint density at radius 1 is 0.556 bits per heavy atom. The van der Waals surface area contributed by atoms with Gasteiger partial charge in [-0.2, -0.15) is 0 Å². The number of fused-ring (bicyclic) bond motifs is 4. The zero-order valence-electron chi connectivity index (χ0n) is 26.3. The number of halogens is 1. The summed E-state index contributed by atoms with van der Waals surface area (Å²) >= 11 is 0. The molecule has 0 fully saturated rings. The molecule has 45 heavy (non-hydrogen) atoms. The fraction of sp³-hybridized carbons (Fsp3) is 0.190. The van der Waals surface area contributed by atoms with Gasteiger partial charge in [-0.05, 0) is 88.4 Å². The summed E-state index contributed by atoms with van der Waals surface area (Å²) in [6.45, 7) is 9.41. The van der Waals surface area contributed by atoms with E-state index in [-0.39, 0.29) is 16.7 Å². The van der Waals surface area contributed by atoms with Gasteiger partial charge in [-0.3, -0.25) is 0 Å². The minimum atomic E-state index is -0.236. The van der Waals surface area contributed by atoms with Crippen molar-refractivity contribution in [3.63, 3.8) is 0 Å². The Hall–Kier alpha value is -4.89. The first kappa shape index (κ1) is 27.6. The lowest BCUT2D eigenvalue weighted by Gasteiger charge is -2.49. The van der Waals surface area contributed by atoms with Crippen molar-refractivity contribution in [3.05, 3.63) is 161 Å². The maximum Gasteiger partial charge on any atom is 0.100 e. The highest BCUT2D eigenvalue weighted by Crippen LogP contribution is 2.60. The highest BCUT2D eigenvalue weighted by atomic mass is 19.1. The van der Waals surface area contributed by atoms with Crippen molar-refractivity contribution in [1.29, 1.82) is 0 Å². The van der Waals surface area contributed by atoms with Crippen LogP contribution in [0.4, 0.5) is 32.8 Å². The molecule has 3 heteroatoms. The third kappa shape index (κ3) is 4.21. The van der Waals surface area contributed by atoms with E-state index in [0.29, 0.717) is 12.8 Å². The first-order chi connectivity index (χ1) is 21.7. The molecule has 0 spiro atoms. The quantitative estimate of drug-likeness (QED) is 0.206. The largest absolute Gasteiger partial charge is 0.314 e. The smallest absolute Gasteiger partial charge is 0.100 e. The van der Waals surface area contributed by atoms with Crippen LogP contribution < -0.4 is 9.80 Å². The van der Waals surface area contributed by atoms with Gasteiger partial charge < -0.3 is 9.80 Å². The van der Waals surface area contributed by atoms with Crippen molar-refractivity contribution < 1.29 is 4.39 Å². The third-order valence-electron chi connectivity index (χ3n) is 10.2. The van der Waals surface area contributed by atoms with Gasteiger partial charge in [0.25, 0.3) is 0 Å². The van der Waals surface area contributed by atoms with Gasteiger partial charge in [0.2, 0.25) is 0 Å². The molecule has 3 aliphatic rings. The van der Waals surface area contributed by atoms with Gasteiger partial charge in [-0.25, -0.2) is 4.39 Å². The molecule has 2 heterocycles. The number of hydrogen-bond donors (Lipinski definition) is 0. The van der Waals surface area contributed by atoms with E-state index in [2.05, 4.69) is 147 Å². The lowest BCUT2D eigenvalue weighted by molar-refractivity contribution is 0.580. The summed E-state index contributed by atoms with van der Waals surface area (Å²) < 4.78 is 14.3. The fourth-order valence-corrected chi connectivity index (χ4v) is 7.73.